The van der Waals surface area contributed by atoms with E-state index >= 15 is 0 Å². The predicted molar refractivity (Wildman–Crippen MR) is 119 cm³/mol. The fourth-order valence-corrected chi connectivity index (χ4v) is 3.47. The molecule has 0 radical (unpaired) electrons. The first-order valence-electron chi connectivity index (χ1n) is 9.58. The smallest absolute Gasteiger partial charge is 0.254 e. The number of ether oxygens (including phenoxy) is 1. The van der Waals surface area contributed by atoms with E-state index < -0.39 is 5.82 Å². The SMILES string of the molecule is COc1cc(NCCSC)c(F)cc1-c1nnc(-c2c(-c3ccccc3)noc2C)o1. The highest BCUT2D eigenvalue weighted by atomic mass is 32.2. The number of rotatable bonds is 8. The van der Waals surface area contributed by atoms with Gasteiger partial charge in [0.15, 0.2) is 0 Å². The Kier molecular flexibility index (Phi) is 6.22. The molecule has 31 heavy (non-hydrogen) atoms. The van der Waals surface area contributed by atoms with Gasteiger partial charge in [-0.15, -0.1) is 10.2 Å². The summed E-state index contributed by atoms with van der Waals surface area (Å²) in [6.07, 6.45) is 2.00. The summed E-state index contributed by atoms with van der Waals surface area (Å²) in [7, 11) is 1.51. The van der Waals surface area contributed by atoms with E-state index in [-0.39, 0.29) is 11.8 Å². The number of anilines is 1. The largest absolute Gasteiger partial charge is 0.496 e. The van der Waals surface area contributed by atoms with Gasteiger partial charge in [0.2, 0.25) is 0 Å². The maximum atomic E-state index is 14.7. The van der Waals surface area contributed by atoms with E-state index in [9.17, 15) is 4.39 Å². The molecule has 0 bridgehead atoms. The van der Waals surface area contributed by atoms with Crippen molar-refractivity contribution in [1.29, 1.82) is 0 Å². The summed E-state index contributed by atoms with van der Waals surface area (Å²) >= 11 is 1.68. The van der Waals surface area contributed by atoms with Gasteiger partial charge in [0.1, 0.15) is 28.6 Å². The van der Waals surface area contributed by atoms with E-state index in [1.165, 1.54) is 13.2 Å². The summed E-state index contributed by atoms with van der Waals surface area (Å²) in [5, 5.41) is 15.5. The highest BCUT2D eigenvalue weighted by Gasteiger charge is 2.24. The summed E-state index contributed by atoms with van der Waals surface area (Å²) < 4.78 is 31.4. The van der Waals surface area contributed by atoms with Crippen molar-refractivity contribution in [2.45, 2.75) is 6.92 Å². The van der Waals surface area contributed by atoms with Crippen LogP contribution in [0.5, 0.6) is 5.75 Å². The van der Waals surface area contributed by atoms with Crippen LogP contribution in [0.15, 0.2) is 51.4 Å². The van der Waals surface area contributed by atoms with Crippen LogP contribution in [0.25, 0.3) is 34.2 Å². The molecule has 0 aliphatic carbocycles. The summed E-state index contributed by atoms with van der Waals surface area (Å²) in [5.74, 6) is 1.77. The monoisotopic (exact) mass is 440 g/mol. The van der Waals surface area contributed by atoms with Crippen molar-refractivity contribution in [2.24, 2.45) is 0 Å². The normalized spacial score (nSPS) is 11.0. The summed E-state index contributed by atoms with van der Waals surface area (Å²) in [4.78, 5) is 0. The molecule has 2 aromatic heterocycles. The van der Waals surface area contributed by atoms with Crippen LogP contribution in [0.1, 0.15) is 5.76 Å². The number of hydrogen-bond acceptors (Lipinski definition) is 8. The minimum Gasteiger partial charge on any atom is -0.496 e. The van der Waals surface area contributed by atoms with Crippen molar-refractivity contribution < 1.29 is 18.1 Å². The third-order valence-corrected chi connectivity index (χ3v) is 5.30. The Morgan fingerprint density at radius 2 is 1.90 bits per heavy atom. The standard InChI is InChI=1S/C22H21FN4O3S/c1-13-19(20(27-30-13)14-7-5-4-6-8-14)22-26-25-21(29-22)15-11-16(23)17(12-18(15)28-2)24-9-10-31-3/h4-8,11-12,24H,9-10H2,1-3H3. The summed E-state index contributed by atoms with van der Waals surface area (Å²) in [5.41, 5.74) is 2.78. The van der Waals surface area contributed by atoms with Crippen LogP contribution in [0.3, 0.4) is 0 Å². The summed E-state index contributed by atoms with van der Waals surface area (Å²) in [6.45, 7) is 2.41. The maximum Gasteiger partial charge on any atom is 0.254 e. The third-order valence-electron chi connectivity index (χ3n) is 4.69. The lowest BCUT2D eigenvalue weighted by Crippen LogP contribution is -2.06. The van der Waals surface area contributed by atoms with E-state index in [1.54, 1.807) is 24.8 Å². The van der Waals surface area contributed by atoms with Crippen LogP contribution in [-0.2, 0) is 0 Å². The molecule has 2 aromatic carbocycles. The molecule has 0 aliphatic rings. The molecular weight excluding hydrogens is 419 g/mol. The van der Waals surface area contributed by atoms with Crippen LogP contribution in [0, 0.1) is 12.7 Å². The van der Waals surface area contributed by atoms with Gasteiger partial charge < -0.3 is 19.0 Å². The van der Waals surface area contributed by atoms with Crippen molar-refractivity contribution in [3.8, 4) is 39.9 Å². The number of methoxy groups -OCH3 is 1. The van der Waals surface area contributed by atoms with E-state index in [0.29, 0.717) is 40.6 Å². The first-order valence-corrected chi connectivity index (χ1v) is 11.0. The molecule has 0 saturated heterocycles. The topological polar surface area (TPSA) is 86.2 Å². The zero-order valence-electron chi connectivity index (χ0n) is 17.3. The molecule has 7 nitrogen and oxygen atoms in total. The number of aromatic nitrogens is 3. The molecule has 0 amide bonds. The molecule has 0 spiro atoms. The van der Waals surface area contributed by atoms with Crippen molar-refractivity contribution in [2.75, 3.05) is 31.0 Å². The second kappa shape index (κ2) is 9.22. The van der Waals surface area contributed by atoms with E-state index in [2.05, 4.69) is 20.7 Å². The average molecular weight is 441 g/mol. The van der Waals surface area contributed by atoms with E-state index in [0.717, 1.165) is 11.3 Å². The number of benzene rings is 2. The van der Waals surface area contributed by atoms with Crippen LogP contribution in [0.2, 0.25) is 0 Å². The third kappa shape index (κ3) is 4.27. The van der Waals surface area contributed by atoms with Gasteiger partial charge in [-0.1, -0.05) is 35.5 Å². The lowest BCUT2D eigenvalue weighted by Gasteiger charge is -2.11. The van der Waals surface area contributed by atoms with Gasteiger partial charge >= 0.3 is 0 Å². The fraction of sp³-hybridized carbons (Fsp3) is 0.227. The first kappa shape index (κ1) is 20.9. The zero-order chi connectivity index (χ0) is 21.8. The Bertz CT molecular complexity index is 1180. The molecule has 4 aromatic rings. The minimum absolute atomic E-state index is 0.140. The Hall–Kier alpha value is -3.33. The first-order chi connectivity index (χ1) is 15.1. The minimum atomic E-state index is -0.428. The zero-order valence-corrected chi connectivity index (χ0v) is 18.1. The number of nitrogens with one attached hydrogen (secondary N) is 1. The number of halogens is 1. The molecule has 0 unspecified atom stereocenters. The predicted octanol–water partition coefficient (Wildman–Crippen LogP) is 5.29. The number of hydrogen-bond donors (Lipinski definition) is 1. The van der Waals surface area contributed by atoms with Gasteiger partial charge in [-0.25, -0.2) is 4.39 Å². The molecular formula is C22H21FN4O3S. The molecule has 0 atom stereocenters. The van der Waals surface area contributed by atoms with Crippen molar-refractivity contribution in [3.05, 3.63) is 54.0 Å². The van der Waals surface area contributed by atoms with Crippen molar-refractivity contribution in [3.63, 3.8) is 0 Å². The number of thioether (sulfide) groups is 1. The highest BCUT2D eigenvalue weighted by Crippen LogP contribution is 2.38. The highest BCUT2D eigenvalue weighted by molar-refractivity contribution is 7.98. The van der Waals surface area contributed by atoms with Gasteiger partial charge in [0.05, 0.1) is 18.4 Å². The molecule has 2 heterocycles. The van der Waals surface area contributed by atoms with Crippen molar-refractivity contribution in [1.82, 2.24) is 15.4 Å². The van der Waals surface area contributed by atoms with Crippen LogP contribution in [0.4, 0.5) is 10.1 Å². The Labute approximate surface area is 183 Å². The Balaban J connectivity index is 1.71. The molecule has 160 valence electrons. The molecule has 1 N–H and O–H groups in total. The quantitative estimate of drug-likeness (QED) is 0.370. The van der Waals surface area contributed by atoms with Gasteiger partial charge in [0.25, 0.3) is 11.8 Å². The number of nitrogens with zero attached hydrogens (tertiary/aromatic N) is 3. The molecule has 0 saturated carbocycles. The van der Waals surface area contributed by atoms with Crippen LogP contribution in [-0.4, -0.2) is 41.0 Å². The van der Waals surface area contributed by atoms with Gasteiger partial charge in [-0.05, 0) is 19.2 Å². The second-order valence-corrected chi connectivity index (χ2v) is 7.68. The molecule has 0 fully saturated rings. The maximum absolute atomic E-state index is 14.7. The van der Waals surface area contributed by atoms with Gasteiger partial charge in [0, 0.05) is 23.9 Å². The van der Waals surface area contributed by atoms with Crippen LogP contribution >= 0.6 is 11.8 Å². The molecule has 4 rings (SSSR count). The van der Waals surface area contributed by atoms with E-state index in [4.69, 9.17) is 13.7 Å². The lowest BCUT2D eigenvalue weighted by molar-refractivity contribution is 0.399. The Morgan fingerprint density at radius 3 is 2.65 bits per heavy atom. The lowest BCUT2D eigenvalue weighted by atomic mass is 10.1. The molecule has 0 aliphatic heterocycles. The summed E-state index contributed by atoms with van der Waals surface area (Å²) in [6, 6.07) is 12.5. The average Bonchev–Trinajstić information content (AvgIpc) is 3.42. The fourth-order valence-electron chi connectivity index (χ4n) is 3.16. The van der Waals surface area contributed by atoms with E-state index in [1.807, 2.05) is 36.6 Å². The number of aryl methyl sites for hydroxylation is 1. The van der Waals surface area contributed by atoms with Crippen LogP contribution < -0.4 is 10.1 Å². The van der Waals surface area contributed by atoms with Gasteiger partial charge in [-0.3, -0.25) is 0 Å². The molecule has 9 heteroatoms. The van der Waals surface area contributed by atoms with Gasteiger partial charge in [-0.2, -0.15) is 11.8 Å². The second-order valence-electron chi connectivity index (χ2n) is 6.69. The van der Waals surface area contributed by atoms with Crippen molar-refractivity contribution >= 4 is 17.4 Å². The Morgan fingerprint density at radius 1 is 1.13 bits per heavy atom.